The summed E-state index contributed by atoms with van der Waals surface area (Å²) in [5.41, 5.74) is 0. The molecule has 1 aromatic rings. The van der Waals surface area contributed by atoms with E-state index in [0.717, 1.165) is 18.2 Å². The van der Waals surface area contributed by atoms with Gasteiger partial charge < -0.3 is 10.6 Å². The van der Waals surface area contributed by atoms with Gasteiger partial charge in [-0.2, -0.15) is 0 Å². The largest absolute Gasteiger partial charge is 0.357 e. The maximum atomic E-state index is 4.16. The second kappa shape index (κ2) is 3.19. The third-order valence-corrected chi connectivity index (χ3v) is 2.52. The van der Waals surface area contributed by atoms with Crippen LogP contribution in [0.25, 0.3) is 0 Å². The van der Waals surface area contributed by atoms with E-state index in [0.29, 0.717) is 6.04 Å². The van der Waals surface area contributed by atoms with Crippen LogP contribution in [0.5, 0.6) is 0 Å². The Morgan fingerprint density at radius 1 is 1.73 bits per heavy atom. The van der Waals surface area contributed by atoms with E-state index in [1.54, 1.807) is 11.3 Å². The van der Waals surface area contributed by atoms with Gasteiger partial charge in [-0.05, 0) is 13.0 Å². The maximum Gasteiger partial charge on any atom is 0.182 e. The molecule has 0 bridgehead atoms. The summed E-state index contributed by atoms with van der Waals surface area (Å²) >= 11 is 1.66. The highest BCUT2D eigenvalue weighted by Gasteiger charge is 2.13. The molecule has 0 radical (unpaired) electrons. The molecule has 2 heterocycles. The number of thiazole rings is 1. The highest BCUT2D eigenvalue weighted by molar-refractivity contribution is 7.13. The number of hydrogen-bond donors (Lipinski definition) is 2. The lowest BCUT2D eigenvalue weighted by atomic mass is 10.3. The first kappa shape index (κ1) is 7.06. The van der Waals surface area contributed by atoms with E-state index < -0.39 is 0 Å². The summed E-state index contributed by atoms with van der Waals surface area (Å²) in [5.74, 6) is 0. The summed E-state index contributed by atoms with van der Waals surface area (Å²) in [6.07, 6.45) is 3.04. The number of rotatable bonds is 2. The second-order valence-electron chi connectivity index (χ2n) is 2.67. The predicted octanol–water partition coefficient (Wildman–Crippen LogP) is 0.917. The summed E-state index contributed by atoms with van der Waals surface area (Å²) in [4.78, 5) is 4.16. The van der Waals surface area contributed by atoms with E-state index >= 15 is 0 Å². The number of hydrogen-bond acceptors (Lipinski definition) is 4. The molecule has 0 saturated carbocycles. The van der Waals surface area contributed by atoms with Crippen LogP contribution in [-0.4, -0.2) is 24.1 Å². The van der Waals surface area contributed by atoms with Crippen LogP contribution >= 0.6 is 11.3 Å². The molecule has 0 spiro atoms. The number of nitrogens with one attached hydrogen (secondary N) is 2. The number of aromatic nitrogens is 1. The van der Waals surface area contributed by atoms with Gasteiger partial charge in [-0.25, -0.2) is 4.98 Å². The van der Waals surface area contributed by atoms with Gasteiger partial charge in [0.05, 0.1) is 0 Å². The molecule has 11 heavy (non-hydrogen) atoms. The van der Waals surface area contributed by atoms with Crippen molar-refractivity contribution in [2.45, 2.75) is 12.5 Å². The molecule has 1 saturated heterocycles. The third-order valence-electron chi connectivity index (χ3n) is 1.82. The number of anilines is 1. The zero-order valence-electron chi connectivity index (χ0n) is 6.21. The van der Waals surface area contributed by atoms with Crippen molar-refractivity contribution in [2.24, 2.45) is 0 Å². The van der Waals surface area contributed by atoms with Gasteiger partial charge in [-0.1, -0.05) is 0 Å². The minimum Gasteiger partial charge on any atom is -0.357 e. The first-order valence-corrected chi connectivity index (χ1v) is 4.70. The molecule has 1 aromatic heterocycles. The normalized spacial score (nSPS) is 23.8. The molecule has 1 unspecified atom stereocenters. The van der Waals surface area contributed by atoms with Gasteiger partial charge in [0.1, 0.15) is 0 Å². The van der Waals surface area contributed by atoms with E-state index in [9.17, 15) is 0 Å². The Kier molecular flexibility index (Phi) is 2.05. The fraction of sp³-hybridized carbons (Fsp3) is 0.571. The molecule has 3 nitrogen and oxygen atoms in total. The van der Waals surface area contributed by atoms with Crippen LogP contribution in [0.1, 0.15) is 6.42 Å². The van der Waals surface area contributed by atoms with Crippen molar-refractivity contribution in [3.05, 3.63) is 11.6 Å². The van der Waals surface area contributed by atoms with Crippen LogP contribution in [0.2, 0.25) is 0 Å². The standard InChI is InChI=1S/C7H11N3S/c1-2-8-5-6(1)10-7-9-3-4-11-7/h3-4,6,8H,1-2,5H2,(H,9,10). The van der Waals surface area contributed by atoms with Crippen molar-refractivity contribution in [3.63, 3.8) is 0 Å². The molecule has 0 amide bonds. The molecular weight excluding hydrogens is 158 g/mol. The van der Waals surface area contributed by atoms with Crippen LogP contribution in [0, 0.1) is 0 Å². The molecule has 4 heteroatoms. The van der Waals surface area contributed by atoms with E-state index in [2.05, 4.69) is 15.6 Å². The van der Waals surface area contributed by atoms with Crippen molar-refractivity contribution in [3.8, 4) is 0 Å². The Hall–Kier alpha value is -0.610. The monoisotopic (exact) mass is 169 g/mol. The average molecular weight is 169 g/mol. The van der Waals surface area contributed by atoms with Crippen molar-refractivity contribution in [2.75, 3.05) is 18.4 Å². The van der Waals surface area contributed by atoms with Gasteiger partial charge in [-0.15, -0.1) is 11.3 Å². The lowest BCUT2D eigenvalue weighted by Crippen LogP contribution is -2.21. The maximum absolute atomic E-state index is 4.16. The summed E-state index contributed by atoms with van der Waals surface area (Å²) in [7, 11) is 0. The van der Waals surface area contributed by atoms with E-state index in [1.165, 1.54) is 6.42 Å². The highest BCUT2D eigenvalue weighted by Crippen LogP contribution is 2.13. The molecule has 1 aliphatic heterocycles. The zero-order chi connectivity index (χ0) is 7.52. The van der Waals surface area contributed by atoms with Crippen molar-refractivity contribution >= 4 is 16.5 Å². The van der Waals surface area contributed by atoms with Gasteiger partial charge in [0.15, 0.2) is 5.13 Å². The minimum atomic E-state index is 0.584. The van der Waals surface area contributed by atoms with Gasteiger partial charge in [-0.3, -0.25) is 0 Å². The Morgan fingerprint density at radius 3 is 3.36 bits per heavy atom. The van der Waals surface area contributed by atoms with Gasteiger partial charge in [0, 0.05) is 24.2 Å². The van der Waals surface area contributed by atoms with Crippen LogP contribution in [0.15, 0.2) is 11.6 Å². The fourth-order valence-electron chi connectivity index (χ4n) is 1.25. The Morgan fingerprint density at radius 2 is 2.73 bits per heavy atom. The lowest BCUT2D eigenvalue weighted by molar-refractivity contribution is 0.792. The van der Waals surface area contributed by atoms with Crippen molar-refractivity contribution < 1.29 is 0 Å². The van der Waals surface area contributed by atoms with Gasteiger partial charge in [0.2, 0.25) is 0 Å². The molecule has 1 atom stereocenters. The Bertz CT molecular complexity index is 203. The summed E-state index contributed by atoms with van der Waals surface area (Å²) < 4.78 is 0. The topological polar surface area (TPSA) is 37.0 Å². The summed E-state index contributed by atoms with van der Waals surface area (Å²) in [6.45, 7) is 2.20. The quantitative estimate of drug-likeness (QED) is 0.691. The number of nitrogens with zero attached hydrogens (tertiary/aromatic N) is 1. The second-order valence-corrected chi connectivity index (χ2v) is 3.57. The Labute approximate surface area is 69.8 Å². The molecule has 0 aromatic carbocycles. The molecule has 0 aliphatic carbocycles. The fourth-order valence-corrected chi connectivity index (χ4v) is 1.85. The average Bonchev–Trinajstić information content (AvgIpc) is 2.60. The zero-order valence-corrected chi connectivity index (χ0v) is 7.03. The smallest absolute Gasteiger partial charge is 0.182 e. The molecule has 1 aliphatic rings. The third kappa shape index (κ3) is 1.70. The summed E-state index contributed by atoms with van der Waals surface area (Å²) in [6, 6.07) is 0.584. The molecular formula is C7H11N3S. The van der Waals surface area contributed by atoms with Crippen LogP contribution in [0.4, 0.5) is 5.13 Å². The van der Waals surface area contributed by atoms with Crippen LogP contribution in [-0.2, 0) is 0 Å². The SMILES string of the molecule is c1csc(NC2CCNC2)n1. The predicted molar refractivity (Wildman–Crippen MR) is 47.0 cm³/mol. The van der Waals surface area contributed by atoms with Gasteiger partial charge in [0.25, 0.3) is 0 Å². The van der Waals surface area contributed by atoms with Gasteiger partial charge >= 0.3 is 0 Å². The van der Waals surface area contributed by atoms with Crippen LogP contribution < -0.4 is 10.6 Å². The molecule has 2 rings (SSSR count). The Balaban J connectivity index is 1.90. The molecule has 2 N–H and O–H groups in total. The lowest BCUT2D eigenvalue weighted by Gasteiger charge is -2.08. The minimum absolute atomic E-state index is 0.584. The molecule has 60 valence electrons. The van der Waals surface area contributed by atoms with Crippen LogP contribution in [0.3, 0.4) is 0 Å². The first-order valence-electron chi connectivity index (χ1n) is 3.82. The summed E-state index contributed by atoms with van der Waals surface area (Å²) in [5, 5.41) is 9.70. The van der Waals surface area contributed by atoms with E-state index in [-0.39, 0.29) is 0 Å². The van der Waals surface area contributed by atoms with E-state index in [1.807, 2.05) is 11.6 Å². The highest BCUT2D eigenvalue weighted by atomic mass is 32.1. The molecule has 1 fully saturated rings. The van der Waals surface area contributed by atoms with Crippen molar-refractivity contribution in [1.29, 1.82) is 0 Å². The van der Waals surface area contributed by atoms with Crippen molar-refractivity contribution in [1.82, 2.24) is 10.3 Å². The van der Waals surface area contributed by atoms with E-state index in [4.69, 9.17) is 0 Å². The first-order chi connectivity index (χ1) is 5.45.